The van der Waals surface area contributed by atoms with Gasteiger partial charge < -0.3 is 14.7 Å². The van der Waals surface area contributed by atoms with Crippen molar-refractivity contribution in [1.82, 2.24) is 14.7 Å². The topological polar surface area (TPSA) is 43.9 Å². The Bertz CT molecular complexity index is 319. The lowest BCUT2D eigenvalue weighted by atomic mass is 10.2. The molecule has 2 amide bonds. The zero-order chi connectivity index (χ0) is 13.7. The Hall–Kier alpha value is -1.10. The van der Waals surface area contributed by atoms with Crippen molar-refractivity contribution in [3.05, 3.63) is 0 Å². The Morgan fingerprint density at radius 3 is 1.89 bits per heavy atom. The summed E-state index contributed by atoms with van der Waals surface area (Å²) < 4.78 is 0. The molecule has 2 rings (SSSR count). The molecule has 0 atom stereocenters. The molecular weight excluding hydrogens is 242 g/mol. The van der Waals surface area contributed by atoms with E-state index in [2.05, 4.69) is 4.90 Å². The Morgan fingerprint density at radius 1 is 0.842 bits per heavy atom. The van der Waals surface area contributed by atoms with Gasteiger partial charge >= 0.3 is 0 Å². The quantitative estimate of drug-likeness (QED) is 0.747. The Balaban J connectivity index is 1.68. The fourth-order valence-electron chi connectivity index (χ4n) is 2.85. The van der Waals surface area contributed by atoms with Gasteiger partial charge in [0, 0.05) is 45.6 Å². The molecule has 108 valence electrons. The molecule has 0 unspecified atom stereocenters. The van der Waals surface area contributed by atoms with E-state index in [-0.39, 0.29) is 11.8 Å². The summed E-state index contributed by atoms with van der Waals surface area (Å²) in [7, 11) is 0. The first-order valence-electron chi connectivity index (χ1n) is 7.48. The van der Waals surface area contributed by atoms with E-state index in [0.29, 0.717) is 39.0 Å². The third kappa shape index (κ3) is 3.93. The van der Waals surface area contributed by atoms with Gasteiger partial charge in [0.05, 0.1) is 0 Å². The first kappa shape index (κ1) is 14.3. The van der Waals surface area contributed by atoms with Crippen molar-refractivity contribution in [3.63, 3.8) is 0 Å². The van der Waals surface area contributed by atoms with Crippen molar-refractivity contribution in [3.8, 4) is 0 Å². The van der Waals surface area contributed by atoms with E-state index in [1.54, 1.807) is 0 Å². The molecule has 0 radical (unpaired) electrons. The number of rotatable bonds is 4. The van der Waals surface area contributed by atoms with E-state index >= 15 is 0 Å². The van der Waals surface area contributed by atoms with E-state index in [9.17, 15) is 9.59 Å². The summed E-state index contributed by atoms with van der Waals surface area (Å²) in [6.07, 6.45) is 3.72. The van der Waals surface area contributed by atoms with E-state index in [1.165, 1.54) is 12.8 Å². The Labute approximate surface area is 115 Å². The van der Waals surface area contributed by atoms with Crippen LogP contribution in [0.1, 0.15) is 32.6 Å². The second-order valence-electron chi connectivity index (χ2n) is 5.41. The lowest BCUT2D eigenvalue weighted by Gasteiger charge is -2.35. The molecule has 0 aromatic rings. The summed E-state index contributed by atoms with van der Waals surface area (Å²) in [5.41, 5.74) is 0. The van der Waals surface area contributed by atoms with Crippen LogP contribution in [0.4, 0.5) is 0 Å². The predicted octanol–water partition coefficient (Wildman–Crippen LogP) is 0.553. The molecule has 2 heterocycles. The predicted molar refractivity (Wildman–Crippen MR) is 73.7 cm³/mol. The van der Waals surface area contributed by atoms with Crippen molar-refractivity contribution in [1.29, 1.82) is 0 Å². The molecule has 0 aromatic carbocycles. The zero-order valence-corrected chi connectivity index (χ0v) is 11.9. The fourth-order valence-corrected chi connectivity index (χ4v) is 2.85. The van der Waals surface area contributed by atoms with E-state index in [1.807, 2.05) is 16.7 Å². The molecule has 0 N–H and O–H groups in total. The summed E-state index contributed by atoms with van der Waals surface area (Å²) in [6.45, 7) is 7.86. The number of carbonyl (C=O) groups excluding carboxylic acids is 2. The normalized spacial score (nSPS) is 20.9. The van der Waals surface area contributed by atoms with Gasteiger partial charge in [-0.3, -0.25) is 9.59 Å². The van der Waals surface area contributed by atoms with Gasteiger partial charge in [-0.15, -0.1) is 0 Å². The highest BCUT2D eigenvalue weighted by Gasteiger charge is 2.23. The molecule has 5 heteroatoms. The largest absolute Gasteiger partial charge is 0.339 e. The molecule has 0 bridgehead atoms. The Morgan fingerprint density at radius 2 is 1.37 bits per heavy atom. The minimum Gasteiger partial charge on any atom is -0.339 e. The average molecular weight is 267 g/mol. The first-order valence-corrected chi connectivity index (χ1v) is 7.48. The highest BCUT2D eigenvalue weighted by atomic mass is 16.2. The van der Waals surface area contributed by atoms with Crippen LogP contribution >= 0.6 is 0 Å². The molecule has 0 spiro atoms. The summed E-state index contributed by atoms with van der Waals surface area (Å²) >= 11 is 0. The SMILES string of the molecule is CCC(=O)N1CCN(C(=O)CCN2CCCC2)CC1. The van der Waals surface area contributed by atoms with Gasteiger partial charge in [0.15, 0.2) is 0 Å². The summed E-state index contributed by atoms with van der Waals surface area (Å²) in [5, 5.41) is 0. The van der Waals surface area contributed by atoms with Crippen LogP contribution in [-0.4, -0.2) is 72.3 Å². The summed E-state index contributed by atoms with van der Waals surface area (Å²) in [6, 6.07) is 0. The molecule has 0 saturated carbocycles. The first-order chi connectivity index (χ1) is 9.20. The minimum atomic E-state index is 0.198. The van der Waals surface area contributed by atoms with Crippen molar-refractivity contribution in [2.75, 3.05) is 45.8 Å². The fraction of sp³-hybridized carbons (Fsp3) is 0.857. The van der Waals surface area contributed by atoms with Gasteiger partial charge in [-0.1, -0.05) is 6.92 Å². The van der Waals surface area contributed by atoms with Crippen LogP contribution < -0.4 is 0 Å². The van der Waals surface area contributed by atoms with E-state index < -0.39 is 0 Å². The second kappa shape index (κ2) is 6.89. The van der Waals surface area contributed by atoms with Crippen LogP contribution in [0, 0.1) is 0 Å². The van der Waals surface area contributed by atoms with Crippen LogP contribution in [-0.2, 0) is 9.59 Å². The zero-order valence-electron chi connectivity index (χ0n) is 11.9. The number of hydrogen-bond acceptors (Lipinski definition) is 3. The smallest absolute Gasteiger partial charge is 0.223 e. The van der Waals surface area contributed by atoms with Gasteiger partial charge in [0.25, 0.3) is 0 Å². The lowest BCUT2D eigenvalue weighted by molar-refractivity contribution is -0.139. The summed E-state index contributed by atoms with van der Waals surface area (Å²) in [4.78, 5) is 29.8. The molecule has 0 aromatic heterocycles. The Kier molecular flexibility index (Phi) is 5.19. The van der Waals surface area contributed by atoms with Crippen molar-refractivity contribution >= 4 is 11.8 Å². The molecule has 19 heavy (non-hydrogen) atoms. The van der Waals surface area contributed by atoms with Crippen molar-refractivity contribution in [2.24, 2.45) is 0 Å². The maximum atomic E-state index is 12.1. The second-order valence-corrected chi connectivity index (χ2v) is 5.41. The highest BCUT2D eigenvalue weighted by molar-refractivity contribution is 5.78. The van der Waals surface area contributed by atoms with Crippen LogP contribution in [0.25, 0.3) is 0 Å². The monoisotopic (exact) mass is 267 g/mol. The standard InChI is InChI=1S/C14H25N3O2/c1-2-13(18)16-9-11-17(12-10-16)14(19)5-8-15-6-3-4-7-15/h2-12H2,1H3. The maximum Gasteiger partial charge on any atom is 0.223 e. The van der Waals surface area contributed by atoms with Gasteiger partial charge in [-0.05, 0) is 25.9 Å². The van der Waals surface area contributed by atoms with E-state index in [0.717, 1.165) is 19.6 Å². The minimum absolute atomic E-state index is 0.198. The van der Waals surface area contributed by atoms with Gasteiger partial charge in [0.1, 0.15) is 0 Å². The number of nitrogens with zero attached hydrogens (tertiary/aromatic N) is 3. The molecular formula is C14H25N3O2. The molecule has 2 saturated heterocycles. The third-order valence-corrected chi connectivity index (χ3v) is 4.13. The molecule has 2 aliphatic heterocycles. The molecule has 0 aliphatic carbocycles. The maximum absolute atomic E-state index is 12.1. The molecule has 2 fully saturated rings. The van der Waals surface area contributed by atoms with Crippen LogP contribution in [0.5, 0.6) is 0 Å². The van der Waals surface area contributed by atoms with Crippen molar-refractivity contribution < 1.29 is 9.59 Å². The molecule has 2 aliphatic rings. The van der Waals surface area contributed by atoms with Crippen molar-refractivity contribution in [2.45, 2.75) is 32.6 Å². The van der Waals surface area contributed by atoms with E-state index in [4.69, 9.17) is 0 Å². The third-order valence-electron chi connectivity index (χ3n) is 4.13. The number of amides is 2. The van der Waals surface area contributed by atoms with Gasteiger partial charge in [-0.2, -0.15) is 0 Å². The lowest BCUT2D eigenvalue weighted by Crippen LogP contribution is -2.50. The summed E-state index contributed by atoms with van der Waals surface area (Å²) in [5.74, 6) is 0.444. The van der Waals surface area contributed by atoms with Gasteiger partial charge in [0.2, 0.25) is 11.8 Å². The number of carbonyl (C=O) groups is 2. The van der Waals surface area contributed by atoms with Crippen LogP contribution in [0.3, 0.4) is 0 Å². The van der Waals surface area contributed by atoms with Crippen LogP contribution in [0.2, 0.25) is 0 Å². The number of piperazine rings is 1. The highest BCUT2D eigenvalue weighted by Crippen LogP contribution is 2.10. The van der Waals surface area contributed by atoms with Gasteiger partial charge in [-0.25, -0.2) is 0 Å². The number of likely N-dealkylation sites (tertiary alicyclic amines) is 1. The molecule has 5 nitrogen and oxygen atoms in total. The number of hydrogen-bond donors (Lipinski definition) is 0. The van der Waals surface area contributed by atoms with Crippen LogP contribution in [0.15, 0.2) is 0 Å². The average Bonchev–Trinajstić information content (AvgIpc) is 2.97.